The zero-order valence-electron chi connectivity index (χ0n) is 11.0. The Labute approximate surface area is 114 Å². The van der Waals surface area contributed by atoms with Crippen LogP contribution in [0.1, 0.15) is 39.5 Å². The fraction of sp³-hybridized carbons (Fsp3) is 0.643. The predicted molar refractivity (Wildman–Crippen MR) is 74.9 cm³/mol. The van der Waals surface area contributed by atoms with Crippen molar-refractivity contribution < 1.29 is 5.11 Å². The van der Waals surface area contributed by atoms with Crippen LogP contribution in [0.25, 0.3) is 0 Å². The molecule has 0 aliphatic heterocycles. The number of halogens is 1. The highest BCUT2D eigenvalue weighted by Crippen LogP contribution is 2.40. The van der Waals surface area contributed by atoms with Gasteiger partial charge in [0.05, 0.1) is 10.6 Å². The van der Waals surface area contributed by atoms with Crippen molar-refractivity contribution in [1.29, 1.82) is 0 Å². The Morgan fingerprint density at radius 1 is 1.33 bits per heavy atom. The molecule has 1 fully saturated rings. The number of aliphatic hydroxyl groups is 1. The summed E-state index contributed by atoms with van der Waals surface area (Å²) in [5.74, 6) is 0.650. The van der Waals surface area contributed by atoms with Crippen LogP contribution in [0.4, 0.5) is 5.82 Å². The van der Waals surface area contributed by atoms with Gasteiger partial charge in [-0.1, -0.05) is 25.4 Å². The maximum Gasteiger partial charge on any atom is 0.144 e. The van der Waals surface area contributed by atoms with Gasteiger partial charge in [0.1, 0.15) is 5.82 Å². The average Bonchev–Trinajstić information content (AvgIpc) is 2.33. The molecule has 2 rings (SSSR count). The molecule has 0 unspecified atom stereocenters. The lowest BCUT2D eigenvalue weighted by Crippen LogP contribution is -2.42. The van der Waals surface area contributed by atoms with Crippen LogP contribution in [0.2, 0.25) is 5.02 Å². The van der Waals surface area contributed by atoms with Crippen molar-refractivity contribution in [3.63, 3.8) is 0 Å². The van der Waals surface area contributed by atoms with Crippen LogP contribution in [0.3, 0.4) is 0 Å². The van der Waals surface area contributed by atoms with E-state index in [9.17, 15) is 5.11 Å². The Bertz CT molecular complexity index is 410. The lowest BCUT2D eigenvalue weighted by Gasteiger charge is -2.40. The molecule has 18 heavy (non-hydrogen) atoms. The van der Waals surface area contributed by atoms with Crippen LogP contribution < -0.4 is 5.32 Å². The molecule has 0 aromatic carbocycles. The molecule has 100 valence electrons. The van der Waals surface area contributed by atoms with Gasteiger partial charge in [-0.25, -0.2) is 4.98 Å². The lowest BCUT2D eigenvalue weighted by molar-refractivity contribution is -0.0145. The highest BCUT2D eigenvalue weighted by atomic mass is 35.5. The minimum atomic E-state index is -0.629. The molecule has 0 radical (unpaired) electrons. The molecule has 2 N–H and O–H groups in total. The number of aromatic nitrogens is 1. The van der Waals surface area contributed by atoms with Gasteiger partial charge in [0.2, 0.25) is 0 Å². The van der Waals surface area contributed by atoms with Gasteiger partial charge in [-0.3, -0.25) is 0 Å². The van der Waals surface area contributed by atoms with E-state index in [1.807, 2.05) is 0 Å². The Balaban J connectivity index is 1.93. The maximum atomic E-state index is 10.5. The monoisotopic (exact) mass is 268 g/mol. The van der Waals surface area contributed by atoms with Gasteiger partial charge in [-0.05, 0) is 43.2 Å². The topological polar surface area (TPSA) is 45.1 Å². The van der Waals surface area contributed by atoms with Gasteiger partial charge >= 0.3 is 0 Å². The Kier molecular flexibility index (Phi) is 3.83. The van der Waals surface area contributed by atoms with Crippen molar-refractivity contribution in [1.82, 2.24) is 4.98 Å². The SMILES string of the molecule is CC1(C)CCC(O)(CNc2ncccc2Cl)CC1. The third kappa shape index (κ3) is 3.36. The van der Waals surface area contributed by atoms with Gasteiger partial charge < -0.3 is 10.4 Å². The van der Waals surface area contributed by atoms with Gasteiger partial charge in [-0.2, -0.15) is 0 Å². The van der Waals surface area contributed by atoms with E-state index in [2.05, 4.69) is 24.1 Å². The van der Waals surface area contributed by atoms with E-state index in [0.717, 1.165) is 25.7 Å². The van der Waals surface area contributed by atoms with Gasteiger partial charge in [0.15, 0.2) is 0 Å². The molecule has 0 atom stereocenters. The standard InChI is InChI=1S/C14H21ClN2O/c1-13(2)5-7-14(18,8-6-13)10-17-12-11(15)4-3-9-16-12/h3-4,9,18H,5-8,10H2,1-2H3,(H,16,17). The largest absolute Gasteiger partial charge is 0.388 e. The van der Waals surface area contributed by atoms with E-state index in [4.69, 9.17) is 11.6 Å². The summed E-state index contributed by atoms with van der Waals surface area (Å²) < 4.78 is 0. The highest BCUT2D eigenvalue weighted by molar-refractivity contribution is 6.32. The number of hydrogen-bond acceptors (Lipinski definition) is 3. The van der Waals surface area contributed by atoms with Gasteiger partial charge in [-0.15, -0.1) is 0 Å². The van der Waals surface area contributed by atoms with Crippen LogP contribution in [0.15, 0.2) is 18.3 Å². The second-order valence-corrected chi connectivity index (χ2v) is 6.48. The summed E-state index contributed by atoms with van der Waals surface area (Å²) in [6, 6.07) is 3.59. The second kappa shape index (κ2) is 5.06. The number of anilines is 1. The zero-order chi connectivity index (χ0) is 13.2. The molecule has 1 saturated carbocycles. The fourth-order valence-corrected chi connectivity index (χ4v) is 2.52. The van der Waals surface area contributed by atoms with Crippen LogP contribution in [-0.2, 0) is 0 Å². The first-order valence-corrected chi connectivity index (χ1v) is 6.85. The molecule has 0 spiro atoms. The normalized spacial score (nSPS) is 21.6. The van der Waals surface area contributed by atoms with Crippen molar-refractivity contribution in [2.24, 2.45) is 5.41 Å². The first-order chi connectivity index (χ1) is 8.40. The van der Waals surface area contributed by atoms with E-state index in [0.29, 0.717) is 22.8 Å². The molecule has 1 aromatic heterocycles. The summed E-state index contributed by atoms with van der Waals surface area (Å²) >= 11 is 6.03. The molecule has 4 heteroatoms. The van der Waals surface area contributed by atoms with Crippen molar-refractivity contribution in [2.75, 3.05) is 11.9 Å². The van der Waals surface area contributed by atoms with Gasteiger partial charge in [0.25, 0.3) is 0 Å². The van der Waals surface area contributed by atoms with E-state index >= 15 is 0 Å². The second-order valence-electron chi connectivity index (χ2n) is 6.08. The van der Waals surface area contributed by atoms with E-state index < -0.39 is 5.60 Å². The number of pyridine rings is 1. The predicted octanol–water partition coefficient (Wildman–Crippen LogP) is 3.48. The Morgan fingerprint density at radius 2 is 2.00 bits per heavy atom. The van der Waals surface area contributed by atoms with Crippen molar-refractivity contribution in [3.05, 3.63) is 23.4 Å². The molecular formula is C14H21ClN2O. The van der Waals surface area contributed by atoms with Crippen molar-refractivity contribution >= 4 is 17.4 Å². The fourth-order valence-electron chi connectivity index (χ4n) is 2.33. The Hall–Kier alpha value is -0.800. The lowest BCUT2D eigenvalue weighted by atomic mass is 9.71. The van der Waals surface area contributed by atoms with E-state index in [-0.39, 0.29) is 0 Å². The maximum absolute atomic E-state index is 10.5. The quantitative estimate of drug-likeness (QED) is 0.882. The van der Waals surface area contributed by atoms with Gasteiger partial charge in [0, 0.05) is 12.7 Å². The number of nitrogens with zero attached hydrogens (tertiary/aromatic N) is 1. The minimum absolute atomic E-state index is 0.356. The first-order valence-electron chi connectivity index (χ1n) is 6.47. The number of nitrogens with one attached hydrogen (secondary N) is 1. The summed E-state index contributed by atoms with van der Waals surface area (Å²) in [7, 11) is 0. The molecule has 3 nitrogen and oxygen atoms in total. The summed E-state index contributed by atoms with van der Waals surface area (Å²) in [6.45, 7) is 5.03. The zero-order valence-corrected chi connectivity index (χ0v) is 11.8. The summed E-state index contributed by atoms with van der Waals surface area (Å²) in [5, 5.41) is 14.3. The third-order valence-corrected chi connectivity index (χ3v) is 4.18. The molecule has 1 aliphatic rings. The van der Waals surface area contributed by atoms with Crippen LogP contribution in [0, 0.1) is 5.41 Å². The Morgan fingerprint density at radius 3 is 2.61 bits per heavy atom. The smallest absolute Gasteiger partial charge is 0.144 e. The molecule has 1 aromatic rings. The van der Waals surface area contributed by atoms with E-state index in [1.54, 1.807) is 18.3 Å². The van der Waals surface area contributed by atoms with Crippen LogP contribution >= 0.6 is 11.6 Å². The molecule has 1 heterocycles. The third-order valence-electron chi connectivity index (χ3n) is 3.88. The number of rotatable bonds is 3. The molecular weight excluding hydrogens is 248 g/mol. The summed E-state index contributed by atoms with van der Waals surface area (Å²) in [6.07, 6.45) is 5.47. The van der Waals surface area contributed by atoms with E-state index in [1.165, 1.54) is 0 Å². The first kappa shape index (κ1) is 13.6. The molecule has 0 amide bonds. The molecule has 1 aliphatic carbocycles. The van der Waals surface area contributed by atoms with Crippen molar-refractivity contribution in [3.8, 4) is 0 Å². The van der Waals surface area contributed by atoms with Crippen molar-refractivity contribution in [2.45, 2.75) is 45.1 Å². The summed E-state index contributed by atoms with van der Waals surface area (Å²) in [4.78, 5) is 4.17. The molecule has 0 bridgehead atoms. The molecule has 0 saturated heterocycles. The van der Waals surface area contributed by atoms with Crippen LogP contribution in [-0.4, -0.2) is 22.2 Å². The number of hydrogen-bond donors (Lipinski definition) is 2. The summed E-state index contributed by atoms with van der Waals surface area (Å²) in [5.41, 5.74) is -0.273. The minimum Gasteiger partial charge on any atom is -0.388 e. The average molecular weight is 269 g/mol. The van der Waals surface area contributed by atoms with Crippen LogP contribution in [0.5, 0.6) is 0 Å². The highest BCUT2D eigenvalue weighted by Gasteiger charge is 2.36.